The molecule has 1 saturated heterocycles. The Hall–Kier alpha value is -1.40. The number of ether oxygens (including phenoxy) is 1. The predicted molar refractivity (Wildman–Crippen MR) is 74.7 cm³/mol. The first kappa shape index (κ1) is 15.0. The third kappa shape index (κ3) is 4.05. The minimum absolute atomic E-state index is 0.0322. The zero-order chi connectivity index (χ0) is 14.5. The van der Waals surface area contributed by atoms with Crippen LogP contribution >= 0.6 is 0 Å². The number of nitrogens with one attached hydrogen (secondary N) is 1. The fourth-order valence-corrected chi connectivity index (χ4v) is 2.56. The lowest BCUT2D eigenvalue weighted by molar-refractivity contribution is -0.149. The van der Waals surface area contributed by atoms with Crippen molar-refractivity contribution in [2.75, 3.05) is 13.1 Å². The van der Waals surface area contributed by atoms with E-state index in [9.17, 15) is 4.79 Å². The molecule has 1 aromatic heterocycles. The highest BCUT2D eigenvalue weighted by molar-refractivity contribution is 5.72. The molecule has 2 N–H and O–H groups in total. The van der Waals surface area contributed by atoms with Crippen molar-refractivity contribution in [3.8, 4) is 0 Å². The Morgan fingerprint density at radius 3 is 2.95 bits per heavy atom. The number of aliphatic carboxylic acids is 1. The van der Waals surface area contributed by atoms with E-state index >= 15 is 0 Å². The second-order valence-corrected chi connectivity index (χ2v) is 5.37. The average molecular weight is 281 g/mol. The molecule has 0 bridgehead atoms. The molecule has 2 unspecified atom stereocenters. The molecule has 1 aliphatic heterocycles. The van der Waals surface area contributed by atoms with Crippen LogP contribution in [0, 0.1) is 13.8 Å². The molecule has 1 fully saturated rings. The van der Waals surface area contributed by atoms with Gasteiger partial charge in [-0.05, 0) is 45.7 Å². The molecule has 1 aromatic rings. The van der Waals surface area contributed by atoms with Crippen molar-refractivity contribution in [3.63, 3.8) is 0 Å². The van der Waals surface area contributed by atoms with Crippen LogP contribution in [0.5, 0.6) is 0 Å². The van der Waals surface area contributed by atoms with Crippen molar-refractivity contribution in [1.82, 2.24) is 15.1 Å². The van der Waals surface area contributed by atoms with E-state index in [4.69, 9.17) is 9.84 Å². The smallest absolute Gasteiger partial charge is 0.332 e. The first-order chi connectivity index (χ1) is 9.56. The molecule has 0 aliphatic carbocycles. The maximum Gasteiger partial charge on any atom is 0.332 e. The third-order valence-corrected chi connectivity index (χ3v) is 3.58. The lowest BCUT2D eigenvalue weighted by Gasteiger charge is -2.12. The summed E-state index contributed by atoms with van der Waals surface area (Å²) in [4.78, 5) is 10.8. The molecule has 0 spiro atoms. The number of carbonyl (C=O) groups is 1. The monoisotopic (exact) mass is 281 g/mol. The number of aryl methyl sites for hydroxylation is 3. The maximum atomic E-state index is 10.8. The third-order valence-electron chi connectivity index (χ3n) is 3.58. The Labute approximate surface area is 119 Å². The van der Waals surface area contributed by atoms with E-state index in [0.29, 0.717) is 6.42 Å². The summed E-state index contributed by atoms with van der Waals surface area (Å²) in [5, 5.41) is 16.6. The Kier molecular flexibility index (Phi) is 5.14. The summed E-state index contributed by atoms with van der Waals surface area (Å²) in [6.07, 6.45) is 1.85. The highest BCUT2D eigenvalue weighted by Gasteiger charge is 2.29. The minimum atomic E-state index is -0.850. The molecule has 2 atom stereocenters. The predicted octanol–water partition coefficient (Wildman–Crippen LogP) is 1.11. The van der Waals surface area contributed by atoms with Crippen molar-refractivity contribution < 1.29 is 14.6 Å². The molecule has 20 heavy (non-hydrogen) atoms. The van der Waals surface area contributed by atoms with E-state index in [2.05, 4.69) is 23.4 Å². The van der Waals surface area contributed by atoms with Gasteiger partial charge in [0.1, 0.15) is 0 Å². The lowest BCUT2D eigenvalue weighted by Crippen LogP contribution is -2.30. The van der Waals surface area contributed by atoms with Gasteiger partial charge in [0.05, 0.1) is 11.8 Å². The van der Waals surface area contributed by atoms with Gasteiger partial charge >= 0.3 is 5.97 Å². The Morgan fingerprint density at radius 1 is 1.55 bits per heavy atom. The molecular formula is C14H23N3O3. The van der Waals surface area contributed by atoms with E-state index in [0.717, 1.165) is 38.2 Å². The Balaban J connectivity index is 1.58. The highest BCUT2D eigenvalue weighted by atomic mass is 16.5. The lowest BCUT2D eigenvalue weighted by atomic mass is 10.2. The molecule has 2 heterocycles. The number of hydrogen-bond acceptors (Lipinski definition) is 4. The van der Waals surface area contributed by atoms with Gasteiger partial charge in [0, 0.05) is 18.8 Å². The molecule has 112 valence electrons. The van der Waals surface area contributed by atoms with Crippen LogP contribution in [0.4, 0.5) is 0 Å². The van der Waals surface area contributed by atoms with Crippen molar-refractivity contribution in [2.24, 2.45) is 0 Å². The van der Waals surface area contributed by atoms with Crippen LogP contribution in [0.2, 0.25) is 0 Å². The van der Waals surface area contributed by atoms with Crippen LogP contribution < -0.4 is 5.32 Å². The fourth-order valence-electron chi connectivity index (χ4n) is 2.56. The van der Waals surface area contributed by atoms with Gasteiger partial charge in [0.2, 0.25) is 0 Å². The number of carboxylic acids is 1. The molecule has 6 nitrogen and oxygen atoms in total. The summed E-state index contributed by atoms with van der Waals surface area (Å²) in [7, 11) is 0. The van der Waals surface area contributed by atoms with E-state index in [-0.39, 0.29) is 6.10 Å². The van der Waals surface area contributed by atoms with Crippen molar-refractivity contribution in [2.45, 2.75) is 51.9 Å². The summed E-state index contributed by atoms with van der Waals surface area (Å²) < 4.78 is 7.45. The maximum absolute atomic E-state index is 10.8. The van der Waals surface area contributed by atoms with Crippen LogP contribution in [-0.4, -0.2) is 46.2 Å². The second kappa shape index (κ2) is 6.85. The fraction of sp³-hybridized carbons (Fsp3) is 0.714. The second-order valence-electron chi connectivity index (χ2n) is 5.37. The molecule has 0 aromatic carbocycles. The summed E-state index contributed by atoms with van der Waals surface area (Å²) in [6.45, 7) is 6.57. The number of carboxylic acid groups (broad SMARTS) is 1. The number of rotatable bonds is 7. The van der Waals surface area contributed by atoms with Gasteiger partial charge in [-0.1, -0.05) is 0 Å². The first-order valence-corrected chi connectivity index (χ1v) is 7.16. The number of aromatic nitrogens is 2. The van der Waals surface area contributed by atoms with Gasteiger partial charge < -0.3 is 15.2 Å². The van der Waals surface area contributed by atoms with Crippen molar-refractivity contribution in [3.05, 3.63) is 17.5 Å². The van der Waals surface area contributed by atoms with Crippen molar-refractivity contribution in [1.29, 1.82) is 0 Å². The molecule has 0 saturated carbocycles. The number of hydrogen-bond donors (Lipinski definition) is 2. The summed E-state index contributed by atoms with van der Waals surface area (Å²) in [5.74, 6) is -0.850. The molecule has 6 heteroatoms. The van der Waals surface area contributed by atoms with Crippen LogP contribution in [0.1, 0.15) is 30.7 Å². The molecule has 0 amide bonds. The van der Waals surface area contributed by atoms with Gasteiger partial charge in [0.25, 0.3) is 0 Å². The molecule has 0 radical (unpaired) electrons. The average Bonchev–Trinajstić information content (AvgIpc) is 2.96. The van der Waals surface area contributed by atoms with Crippen LogP contribution in [0.25, 0.3) is 0 Å². The highest BCUT2D eigenvalue weighted by Crippen LogP contribution is 2.19. The standard InChI is InChI=1S/C14H23N3O3/c1-10-8-11(2)17(16-10)7-3-6-15-9-12-4-5-13(20-12)14(18)19/h8,12-13,15H,3-7,9H2,1-2H3,(H,18,19). The summed E-state index contributed by atoms with van der Waals surface area (Å²) >= 11 is 0. The summed E-state index contributed by atoms with van der Waals surface area (Å²) in [6, 6.07) is 2.08. The van der Waals surface area contributed by atoms with E-state index in [1.54, 1.807) is 0 Å². The zero-order valence-corrected chi connectivity index (χ0v) is 12.1. The van der Waals surface area contributed by atoms with E-state index in [1.165, 1.54) is 5.69 Å². The van der Waals surface area contributed by atoms with Gasteiger partial charge in [0.15, 0.2) is 6.10 Å². The molecular weight excluding hydrogens is 258 g/mol. The Bertz CT molecular complexity index is 459. The quantitative estimate of drug-likeness (QED) is 0.732. The molecule has 2 rings (SSSR count). The zero-order valence-electron chi connectivity index (χ0n) is 12.1. The first-order valence-electron chi connectivity index (χ1n) is 7.16. The minimum Gasteiger partial charge on any atom is -0.479 e. The SMILES string of the molecule is Cc1cc(C)n(CCCNCC2CCC(C(=O)O)O2)n1. The Morgan fingerprint density at radius 2 is 2.35 bits per heavy atom. The summed E-state index contributed by atoms with van der Waals surface area (Å²) in [5.41, 5.74) is 2.24. The van der Waals surface area contributed by atoms with Gasteiger partial charge in [-0.25, -0.2) is 4.79 Å². The van der Waals surface area contributed by atoms with Crippen LogP contribution in [0.15, 0.2) is 6.07 Å². The molecule has 1 aliphatic rings. The largest absolute Gasteiger partial charge is 0.479 e. The van der Waals surface area contributed by atoms with Crippen LogP contribution in [0.3, 0.4) is 0 Å². The van der Waals surface area contributed by atoms with Gasteiger partial charge in [-0.3, -0.25) is 4.68 Å². The topological polar surface area (TPSA) is 76.4 Å². The van der Waals surface area contributed by atoms with Gasteiger partial charge in [-0.15, -0.1) is 0 Å². The van der Waals surface area contributed by atoms with Gasteiger partial charge in [-0.2, -0.15) is 5.10 Å². The van der Waals surface area contributed by atoms with E-state index < -0.39 is 12.1 Å². The van der Waals surface area contributed by atoms with Crippen molar-refractivity contribution >= 4 is 5.97 Å². The van der Waals surface area contributed by atoms with Crippen LogP contribution in [-0.2, 0) is 16.1 Å². The van der Waals surface area contributed by atoms with E-state index in [1.807, 2.05) is 11.6 Å². The number of nitrogens with zero attached hydrogens (tertiary/aromatic N) is 2. The normalized spacial score (nSPS) is 22.3.